The molecule has 0 unspecified atom stereocenters. The summed E-state index contributed by atoms with van der Waals surface area (Å²) >= 11 is 0. The summed E-state index contributed by atoms with van der Waals surface area (Å²) in [6.07, 6.45) is 0. The minimum absolute atomic E-state index is 0.463. The van der Waals surface area contributed by atoms with E-state index in [1.54, 1.807) is 23.8 Å². The van der Waals surface area contributed by atoms with Crippen molar-refractivity contribution in [1.82, 2.24) is 14.6 Å². The van der Waals surface area contributed by atoms with Crippen LogP contribution in [0.4, 0.5) is 0 Å². The molecule has 92 valence electrons. The van der Waals surface area contributed by atoms with Gasteiger partial charge < -0.3 is 4.74 Å². The number of aromatic nitrogens is 3. The Morgan fingerprint density at radius 3 is 2.63 bits per heavy atom. The average molecular weight is 250 g/mol. The van der Waals surface area contributed by atoms with Gasteiger partial charge in [-0.25, -0.2) is 9.50 Å². The molecule has 0 radical (unpaired) electrons. The van der Waals surface area contributed by atoms with Crippen molar-refractivity contribution < 1.29 is 4.74 Å². The maximum absolute atomic E-state index is 9.03. The number of nitriles is 1. The van der Waals surface area contributed by atoms with E-state index in [-0.39, 0.29) is 0 Å². The van der Waals surface area contributed by atoms with Gasteiger partial charge in [-0.3, -0.25) is 0 Å². The van der Waals surface area contributed by atoms with Crippen LogP contribution in [0.15, 0.2) is 42.5 Å². The van der Waals surface area contributed by atoms with Crippen LogP contribution in [-0.4, -0.2) is 21.7 Å². The lowest BCUT2D eigenvalue weighted by Gasteiger charge is -1.99. The van der Waals surface area contributed by atoms with Gasteiger partial charge in [0, 0.05) is 5.56 Å². The van der Waals surface area contributed by atoms with Gasteiger partial charge in [-0.05, 0) is 36.4 Å². The zero-order valence-electron chi connectivity index (χ0n) is 10.2. The smallest absolute Gasteiger partial charge is 0.182 e. The molecule has 2 aromatic heterocycles. The van der Waals surface area contributed by atoms with Gasteiger partial charge in [-0.1, -0.05) is 6.07 Å². The van der Waals surface area contributed by atoms with E-state index < -0.39 is 0 Å². The molecular formula is C14H10N4O. The molecule has 5 nitrogen and oxygen atoms in total. The van der Waals surface area contributed by atoms with Gasteiger partial charge in [0.25, 0.3) is 0 Å². The maximum Gasteiger partial charge on any atom is 0.182 e. The Hall–Kier alpha value is -2.87. The molecule has 0 atom stereocenters. The van der Waals surface area contributed by atoms with E-state index >= 15 is 0 Å². The molecule has 1 aromatic carbocycles. The van der Waals surface area contributed by atoms with Crippen molar-refractivity contribution in [2.75, 3.05) is 7.11 Å². The van der Waals surface area contributed by atoms with Gasteiger partial charge in [0.05, 0.1) is 7.11 Å². The predicted octanol–water partition coefficient (Wildman–Crippen LogP) is 2.28. The zero-order valence-corrected chi connectivity index (χ0v) is 10.2. The second-order valence-electron chi connectivity index (χ2n) is 3.96. The Labute approximate surface area is 109 Å². The summed E-state index contributed by atoms with van der Waals surface area (Å²) in [5.41, 5.74) is 2.00. The molecule has 0 aliphatic rings. The molecule has 5 heteroatoms. The van der Waals surface area contributed by atoms with Crippen LogP contribution in [0.25, 0.3) is 17.0 Å². The summed E-state index contributed by atoms with van der Waals surface area (Å²) in [5.74, 6) is 1.37. The topological polar surface area (TPSA) is 63.2 Å². The quantitative estimate of drug-likeness (QED) is 0.700. The number of pyridine rings is 1. The Morgan fingerprint density at radius 2 is 1.95 bits per heavy atom. The highest BCUT2D eigenvalue weighted by molar-refractivity contribution is 5.59. The molecule has 2 heterocycles. The number of nitrogens with zero attached hydrogens (tertiary/aromatic N) is 4. The SMILES string of the molecule is COc1ccc(-c2nc3cccc(C#N)n3n2)cc1. The molecule has 0 bridgehead atoms. The molecule has 0 saturated heterocycles. The summed E-state index contributed by atoms with van der Waals surface area (Å²) in [5, 5.41) is 13.4. The number of hydrogen-bond acceptors (Lipinski definition) is 4. The van der Waals surface area contributed by atoms with Crippen molar-refractivity contribution in [3.05, 3.63) is 48.2 Å². The van der Waals surface area contributed by atoms with Gasteiger partial charge >= 0.3 is 0 Å². The average Bonchev–Trinajstić information content (AvgIpc) is 2.91. The molecule has 0 spiro atoms. The Morgan fingerprint density at radius 1 is 1.16 bits per heavy atom. The van der Waals surface area contributed by atoms with Gasteiger partial charge in [0.15, 0.2) is 11.5 Å². The van der Waals surface area contributed by atoms with Gasteiger partial charge in [-0.2, -0.15) is 5.26 Å². The lowest BCUT2D eigenvalue weighted by molar-refractivity contribution is 0.415. The Balaban J connectivity index is 2.12. The minimum atomic E-state index is 0.463. The maximum atomic E-state index is 9.03. The monoisotopic (exact) mass is 250 g/mol. The number of ether oxygens (including phenoxy) is 1. The molecule has 0 amide bonds. The normalized spacial score (nSPS) is 10.3. The van der Waals surface area contributed by atoms with E-state index in [4.69, 9.17) is 10.00 Å². The first-order valence-electron chi connectivity index (χ1n) is 5.72. The standard InChI is InChI=1S/C14H10N4O/c1-19-12-7-5-10(6-8-12)14-16-13-4-2-3-11(9-15)18(13)17-14/h2-8H,1H3. The van der Waals surface area contributed by atoms with E-state index in [9.17, 15) is 0 Å². The summed E-state index contributed by atoms with van der Waals surface area (Å²) in [7, 11) is 1.62. The molecule has 0 saturated carbocycles. The highest BCUT2D eigenvalue weighted by Gasteiger charge is 2.08. The molecule has 0 N–H and O–H groups in total. The van der Waals surface area contributed by atoms with Crippen LogP contribution in [0.1, 0.15) is 5.69 Å². The molecule has 19 heavy (non-hydrogen) atoms. The summed E-state index contributed by atoms with van der Waals surface area (Å²) in [6, 6.07) is 14.9. The van der Waals surface area contributed by atoms with Crippen LogP contribution in [0.3, 0.4) is 0 Å². The lowest BCUT2D eigenvalue weighted by Crippen LogP contribution is -1.93. The van der Waals surface area contributed by atoms with Gasteiger partial charge in [-0.15, -0.1) is 5.10 Å². The molecular weight excluding hydrogens is 240 g/mol. The van der Waals surface area contributed by atoms with Crippen molar-refractivity contribution >= 4 is 5.65 Å². The minimum Gasteiger partial charge on any atom is -0.497 e. The van der Waals surface area contributed by atoms with Crippen LogP contribution in [-0.2, 0) is 0 Å². The Bertz CT molecular complexity index is 768. The number of hydrogen-bond donors (Lipinski definition) is 0. The van der Waals surface area contributed by atoms with E-state index in [0.717, 1.165) is 11.3 Å². The highest BCUT2D eigenvalue weighted by Crippen LogP contribution is 2.20. The van der Waals surface area contributed by atoms with Crippen LogP contribution >= 0.6 is 0 Å². The molecule has 0 fully saturated rings. The fourth-order valence-corrected chi connectivity index (χ4v) is 1.85. The first-order chi connectivity index (χ1) is 9.31. The molecule has 3 aromatic rings. The van der Waals surface area contributed by atoms with E-state index in [1.165, 1.54) is 0 Å². The zero-order chi connectivity index (χ0) is 13.2. The summed E-state index contributed by atoms with van der Waals surface area (Å²) in [6.45, 7) is 0. The predicted molar refractivity (Wildman–Crippen MR) is 69.7 cm³/mol. The second kappa shape index (κ2) is 4.42. The summed E-state index contributed by atoms with van der Waals surface area (Å²) in [4.78, 5) is 4.41. The van der Waals surface area contributed by atoms with Crippen molar-refractivity contribution in [3.63, 3.8) is 0 Å². The number of rotatable bonds is 2. The number of benzene rings is 1. The third-order valence-corrected chi connectivity index (χ3v) is 2.82. The van der Waals surface area contributed by atoms with E-state index in [2.05, 4.69) is 16.2 Å². The highest BCUT2D eigenvalue weighted by atomic mass is 16.5. The summed E-state index contributed by atoms with van der Waals surface area (Å²) < 4.78 is 6.65. The van der Waals surface area contributed by atoms with E-state index in [1.807, 2.05) is 30.3 Å². The second-order valence-corrected chi connectivity index (χ2v) is 3.96. The van der Waals surface area contributed by atoms with E-state index in [0.29, 0.717) is 17.2 Å². The lowest BCUT2D eigenvalue weighted by atomic mass is 10.2. The first kappa shape index (κ1) is 11.2. The van der Waals surface area contributed by atoms with Crippen molar-refractivity contribution in [1.29, 1.82) is 5.26 Å². The van der Waals surface area contributed by atoms with Crippen LogP contribution < -0.4 is 4.74 Å². The fourth-order valence-electron chi connectivity index (χ4n) is 1.85. The first-order valence-corrected chi connectivity index (χ1v) is 5.72. The third-order valence-electron chi connectivity index (χ3n) is 2.82. The van der Waals surface area contributed by atoms with Crippen molar-refractivity contribution in [2.45, 2.75) is 0 Å². The van der Waals surface area contributed by atoms with Crippen molar-refractivity contribution in [3.8, 4) is 23.2 Å². The van der Waals surface area contributed by atoms with Crippen molar-refractivity contribution in [2.24, 2.45) is 0 Å². The largest absolute Gasteiger partial charge is 0.497 e. The van der Waals surface area contributed by atoms with Crippen LogP contribution in [0.2, 0.25) is 0 Å². The van der Waals surface area contributed by atoms with Gasteiger partial charge in [0.1, 0.15) is 17.5 Å². The van der Waals surface area contributed by atoms with Gasteiger partial charge in [0.2, 0.25) is 0 Å². The Kier molecular flexibility index (Phi) is 2.62. The number of methoxy groups -OCH3 is 1. The number of fused-ring (bicyclic) bond motifs is 1. The van der Waals surface area contributed by atoms with Crippen LogP contribution in [0.5, 0.6) is 5.75 Å². The molecule has 3 rings (SSSR count). The molecule has 0 aliphatic heterocycles. The third kappa shape index (κ3) is 1.89. The van der Waals surface area contributed by atoms with Crippen LogP contribution in [0, 0.1) is 11.3 Å². The fraction of sp³-hybridized carbons (Fsp3) is 0.0714. The molecule has 0 aliphatic carbocycles.